The molecule has 1 aliphatic heterocycles. The molecule has 2 amide bonds. The topological polar surface area (TPSA) is 82.3 Å². The number of hydrogen-bond donors (Lipinski definition) is 2. The maximum Gasteiger partial charge on any atom is 0.259 e. The van der Waals surface area contributed by atoms with Crippen molar-refractivity contribution in [1.82, 2.24) is 15.2 Å². The first-order valence-electron chi connectivity index (χ1n) is 9.83. The molecule has 1 aromatic heterocycles. The van der Waals surface area contributed by atoms with Crippen LogP contribution in [-0.4, -0.2) is 40.8 Å². The summed E-state index contributed by atoms with van der Waals surface area (Å²) in [6.07, 6.45) is 9.91. The molecular formula is C20H29N3O3. The zero-order valence-corrected chi connectivity index (χ0v) is 15.6. The number of carbonyl (C=O) groups excluding carboxylic acids is 2. The first-order valence-corrected chi connectivity index (χ1v) is 9.83. The second-order valence-electron chi connectivity index (χ2n) is 7.66. The summed E-state index contributed by atoms with van der Waals surface area (Å²) in [5.41, 5.74) is 0.664. The molecule has 0 aromatic carbocycles. The van der Waals surface area contributed by atoms with Gasteiger partial charge in [-0.25, -0.2) is 0 Å². The minimum atomic E-state index is -0.250. The highest BCUT2D eigenvalue weighted by atomic mass is 16.2. The smallest absolute Gasteiger partial charge is 0.259 e. The Bertz CT molecular complexity index is 696. The highest BCUT2D eigenvalue weighted by Gasteiger charge is 2.29. The number of piperidine rings is 1. The van der Waals surface area contributed by atoms with E-state index in [0.717, 1.165) is 18.5 Å². The standard InChI is InChI=1S/C20H29N3O3/c1-14-12-18(24)17(13-21-14)20(26)23-10-8-15(9-11-23)19(25)22-16-6-4-2-3-5-7-16/h12-13,15-16H,2-11H2,1H3,(H,21,24)(H,22,25). The van der Waals surface area contributed by atoms with Crippen LogP contribution in [0, 0.1) is 12.8 Å². The van der Waals surface area contributed by atoms with Crippen LogP contribution in [0.2, 0.25) is 0 Å². The van der Waals surface area contributed by atoms with E-state index in [4.69, 9.17) is 0 Å². The van der Waals surface area contributed by atoms with E-state index < -0.39 is 0 Å². The molecule has 0 atom stereocenters. The van der Waals surface area contributed by atoms with E-state index in [1.165, 1.54) is 37.9 Å². The Kier molecular flexibility index (Phi) is 6.12. The largest absolute Gasteiger partial charge is 0.364 e. The summed E-state index contributed by atoms with van der Waals surface area (Å²) >= 11 is 0. The van der Waals surface area contributed by atoms with Gasteiger partial charge in [-0.05, 0) is 32.6 Å². The summed E-state index contributed by atoms with van der Waals surface area (Å²) < 4.78 is 0. The molecule has 142 valence electrons. The fourth-order valence-electron chi connectivity index (χ4n) is 4.00. The number of aromatic amines is 1. The Labute approximate surface area is 154 Å². The van der Waals surface area contributed by atoms with E-state index >= 15 is 0 Å². The molecular weight excluding hydrogens is 330 g/mol. The van der Waals surface area contributed by atoms with Crippen LogP contribution in [0.25, 0.3) is 0 Å². The average molecular weight is 359 g/mol. The molecule has 0 unspecified atom stereocenters. The van der Waals surface area contributed by atoms with Crippen molar-refractivity contribution in [2.24, 2.45) is 5.92 Å². The number of aryl methyl sites for hydroxylation is 1. The molecule has 26 heavy (non-hydrogen) atoms. The summed E-state index contributed by atoms with van der Waals surface area (Å²) in [4.78, 5) is 41.7. The Morgan fingerprint density at radius 1 is 1.08 bits per heavy atom. The molecule has 0 bridgehead atoms. The lowest BCUT2D eigenvalue weighted by Crippen LogP contribution is -2.46. The number of amides is 2. The first kappa shape index (κ1) is 18.7. The predicted octanol–water partition coefficient (Wildman–Crippen LogP) is 2.37. The van der Waals surface area contributed by atoms with Gasteiger partial charge in [0.1, 0.15) is 5.56 Å². The van der Waals surface area contributed by atoms with Crippen molar-refractivity contribution < 1.29 is 9.59 Å². The zero-order chi connectivity index (χ0) is 18.5. The van der Waals surface area contributed by atoms with Crippen LogP contribution in [-0.2, 0) is 4.79 Å². The van der Waals surface area contributed by atoms with Gasteiger partial charge in [0, 0.05) is 43.0 Å². The van der Waals surface area contributed by atoms with Crippen molar-refractivity contribution >= 4 is 11.8 Å². The normalized spacial score (nSPS) is 19.8. The van der Waals surface area contributed by atoms with Crippen molar-refractivity contribution in [3.8, 4) is 0 Å². The molecule has 6 heteroatoms. The summed E-state index contributed by atoms with van der Waals surface area (Å²) in [5.74, 6) is -0.135. The third kappa shape index (κ3) is 4.54. The van der Waals surface area contributed by atoms with Crippen LogP contribution in [0.5, 0.6) is 0 Å². The van der Waals surface area contributed by atoms with Crippen LogP contribution < -0.4 is 10.7 Å². The Hall–Kier alpha value is -2.11. The third-order valence-corrected chi connectivity index (χ3v) is 5.64. The molecule has 2 aliphatic rings. The number of nitrogens with zero attached hydrogens (tertiary/aromatic N) is 1. The minimum Gasteiger partial charge on any atom is -0.364 e. The van der Waals surface area contributed by atoms with E-state index in [-0.39, 0.29) is 28.7 Å². The molecule has 1 saturated carbocycles. The van der Waals surface area contributed by atoms with Crippen LogP contribution in [0.15, 0.2) is 17.1 Å². The lowest BCUT2D eigenvalue weighted by Gasteiger charge is -2.32. The number of hydrogen-bond acceptors (Lipinski definition) is 3. The lowest BCUT2D eigenvalue weighted by molar-refractivity contribution is -0.127. The van der Waals surface area contributed by atoms with Crippen molar-refractivity contribution in [1.29, 1.82) is 0 Å². The Morgan fingerprint density at radius 3 is 2.35 bits per heavy atom. The number of likely N-dealkylation sites (tertiary alicyclic amines) is 1. The first-order chi connectivity index (χ1) is 12.5. The van der Waals surface area contributed by atoms with Gasteiger partial charge in [-0.2, -0.15) is 0 Å². The summed E-state index contributed by atoms with van der Waals surface area (Å²) in [7, 11) is 0. The summed E-state index contributed by atoms with van der Waals surface area (Å²) in [6.45, 7) is 2.83. The number of carbonyl (C=O) groups is 2. The molecule has 3 rings (SSSR count). The monoisotopic (exact) mass is 359 g/mol. The summed E-state index contributed by atoms with van der Waals surface area (Å²) in [6, 6.07) is 1.76. The van der Waals surface area contributed by atoms with Crippen molar-refractivity contribution in [3.05, 3.63) is 33.7 Å². The van der Waals surface area contributed by atoms with Crippen LogP contribution in [0.3, 0.4) is 0 Å². The highest BCUT2D eigenvalue weighted by Crippen LogP contribution is 2.21. The SMILES string of the molecule is Cc1cc(=O)c(C(=O)N2CCC(C(=O)NC3CCCCCC3)CC2)c[nH]1. The lowest BCUT2D eigenvalue weighted by atomic mass is 9.94. The molecule has 6 nitrogen and oxygen atoms in total. The van der Waals surface area contributed by atoms with Crippen LogP contribution >= 0.6 is 0 Å². The minimum absolute atomic E-state index is 0.0291. The maximum absolute atomic E-state index is 12.6. The van der Waals surface area contributed by atoms with Gasteiger partial charge in [0.2, 0.25) is 5.91 Å². The Balaban J connectivity index is 1.52. The zero-order valence-electron chi connectivity index (χ0n) is 15.6. The van der Waals surface area contributed by atoms with E-state index in [2.05, 4.69) is 10.3 Å². The van der Waals surface area contributed by atoms with E-state index in [9.17, 15) is 14.4 Å². The molecule has 1 saturated heterocycles. The number of nitrogens with one attached hydrogen (secondary N) is 2. The van der Waals surface area contributed by atoms with Crippen LogP contribution in [0.4, 0.5) is 0 Å². The highest BCUT2D eigenvalue weighted by molar-refractivity contribution is 5.94. The maximum atomic E-state index is 12.6. The van der Waals surface area contributed by atoms with Gasteiger partial charge in [-0.1, -0.05) is 25.7 Å². The number of pyridine rings is 1. The van der Waals surface area contributed by atoms with Crippen molar-refractivity contribution in [2.75, 3.05) is 13.1 Å². The van der Waals surface area contributed by atoms with Gasteiger partial charge in [-0.3, -0.25) is 14.4 Å². The van der Waals surface area contributed by atoms with E-state index in [0.29, 0.717) is 32.0 Å². The molecule has 0 radical (unpaired) electrons. The number of aromatic nitrogens is 1. The second-order valence-corrected chi connectivity index (χ2v) is 7.66. The molecule has 0 spiro atoms. The van der Waals surface area contributed by atoms with Gasteiger partial charge in [0.15, 0.2) is 5.43 Å². The van der Waals surface area contributed by atoms with Crippen molar-refractivity contribution in [2.45, 2.75) is 64.3 Å². The fourth-order valence-corrected chi connectivity index (χ4v) is 4.00. The van der Waals surface area contributed by atoms with E-state index in [1.807, 2.05) is 0 Å². The number of rotatable bonds is 3. The predicted molar refractivity (Wildman–Crippen MR) is 100 cm³/mol. The van der Waals surface area contributed by atoms with Gasteiger partial charge in [-0.15, -0.1) is 0 Å². The van der Waals surface area contributed by atoms with E-state index in [1.54, 1.807) is 11.8 Å². The summed E-state index contributed by atoms with van der Waals surface area (Å²) in [5, 5.41) is 3.22. The van der Waals surface area contributed by atoms with Crippen molar-refractivity contribution in [3.63, 3.8) is 0 Å². The second kappa shape index (κ2) is 8.52. The third-order valence-electron chi connectivity index (χ3n) is 5.64. The van der Waals surface area contributed by atoms with Gasteiger partial charge < -0.3 is 15.2 Å². The van der Waals surface area contributed by atoms with Crippen LogP contribution in [0.1, 0.15) is 67.4 Å². The quantitative estimate of drug-likeness (QED) is 0.813. The van der Waals surface area contributed by atoms with Gasteiger partial charge >= 0.3 is 0 Å². The molecule has 1 aliphatic carbocycles. The number of H-pyrrole nitrogens is 1. The fraction of sp³-hybridized carbons (Fsp3) is 0.650. The van der Waals surface area contributed by atoms with Gasteiger partial charge in [0.05, 0.1) is 0 Å². The average Bonchev–Trinajstić information content (AvgIpc) is 2.90. The van der Waals surface area contributed by atoms with Gasteiger partial charge in [0.25, 0.3) is 5.91 Å². The molecule has 2 N–H and O–H groups in total. The molecule has 1 aromatic rings. The molecule has 2 fully saturated rings. The Morgan fingerprint density at radius 2 is 1.73 bits per heavy atom. The molecule has 2 heterocycles.